The third-order valence-corrected chi connectivity index (χ3v) is 3.84. The molecule has 2 aromatic carbocycles. The van der Waals surface area contributed by atoms with Crippen molar-refractivity contribution in [2.75, 3.05) is 13.1 Å². The van der Waals surface area contributed by atoms with Crippen LogP contribution in [0.1, 0.15) is 30.4 Å². The number of hydrogen-bond donors (Lipinski definition) is 1. The lowest BCUT2D eigenvalue weighted by Gasteiger charge is -2.23. The van der Waals surface area contributed by atoms with E-state index in [0.717, 1.165) is 11.1 Å². The summed E-state index contributed by atoms with van der Waals surface area (Å²) in [7, 11) is 0. The minimum Gasteiger partial charge on any atom is -0.480 e. The quantitative estimate of drug-likeness (QED) is 0.854. The Morgan fingerprint density at radius 1 is 0.957 bits per heavy atom. The second-order valence-electron chi connectivity index (χ2n) is 5.38. The third kappa shape index (κ3) is 4.68. The number of amides is 1. The van der Waals surface area contributed by atoms with Crippen LogP contribution in [0.25, 0.3) is 0 Å². The van der Waals surface area contributed by atoms with Gasteiger partial charge in [-0.1, -0.05) is 60.7 Å². The van der Waals surface area contributed by atoms with E-state index in [-0.39, 0.29) is 24.8 Å². The molecule has 4 nitrogen and oxygen atoms in total. The van der Waals surface area contributed by atoms with Crippen LogP contribution in [0, 0.1) is 0 Å². The molecule has 1 amide bonds. The third-order valence-electron chi connectivity index (χ3n) is 3.84. The van der Waals surface area contributed by atoms with Gasteiger partial charge in [-0.3, -0.25) is 9.59 Å². The highest BCUT2D eigenvalue weighted by Gasteiger charge is 2.22. The molecular formula is C19H21NO3. The van der Waals surface area contributed by atoms with Crippen LogP contribution < -0.4 is 0 Å². The van der Waals surface area contributed by atoms with Crippen molar-refractivity contribution in [2.45, 2.75) is 19.3 Å². The molecule has 0 spiro atoms. The standard InChI is InChI=1S/C19H21NO3/c1-2-20(14-19(22)23)18(21)13-17(15-9-5-3-6-10-15)16-11-7-4-8-12-16/h3-12,17H,2,13-14H2,1H3,(H,22,23). The predicted molar refractivity (Wildman–Crippen MR) is 89.2 cm³/mol. The van der Waals surface area contributed by atoms with Gasteiger partial charge in [0.25, 0.3) is 0 Å². The maximum Gasteiger partial charge on any atom is 0.323 e. The Balaban J connectivity index is 2.25. The van der Waals surface area contributed by atoms with Gasteiger partial charge in [-0.15, -0.1) is 0 Å². The maximum atomic E-state index is 12.5. The molecule has 4 heteroatoms. The Labute approximate surface area is 136 Å². The highest BCUT2D eigenvalue weighted by atomic mass is 16.4. The van der Waals surface area contributed by atoms with Crippen LogP contribution in [0.3, 0.4) is 0 Å². The van der Waals surface area contributed by atoms with Gasteiger partial charge < -0.3 is 10.0 Å². The number of aliphatic carboxylic acids is 1. The van der Waals surface area contributed by atoms with Crippen LogP contribution >= 0.6 is 0 Å². The number of benzene rings is 2. The first-order chi connectivity index (χ1) is 11.1. The highest BCUT2D eigenvalue weighted by molar-refractivity contribution is 5.82. The van der Waals surface area contributed by atoms with Crippen LogP contribution in [-0.2, 0) is 9.59 Å². The summed E-state index contributed by atoms with van der Waals surface area (Å²) in [5, 5.41) is 8.94. The van der Waals surface area contributed by atoms with E-state index < -0.39 is 5.97 Å². The van der Waals surface area contributed by atoms with Gasteiger partial charge in [-0.25, -0.2) is 0 Å². The van der Waals surface area contributed by atoms with Gasteiger partial charge in [0.1, 0.15) is 6.54 Å². The van der Waals surface area contributed by atoms with Crippen LogP contribution in [0.5, 0.6) is 0 Å². The molecule has 0 aliphatic carbocycles. The molecule has 0 atom stereocenters. The van der Waals surface area contributed by atoms with E-state index in [0.29, 0.717) is 6.54 Å². The topological polar surface area (TPSA) is 57.6 Å². The molecule has 0 saturated heterocycles. The molecule has 0 radical (unpaired) electrons. The number of nitrogens with zero attached hydrogens (tertiary/aromatic N) is 1. The molecular weight excluding hydrogens is 290 g/mol. The van der Waals surface area contributed by atoms with Gasteiger partial charge in [0, 0.05) is 18.9 Å². The van der Waals surface area contributed by atoms with Crippen molar-refractivity contribution in [2.24, 2.45) is 0 Å². The molecule has 0 heterocycles. The Kier molecular flexibility index (Phi) is 5.92. The van der Waals surface area contributed by atoms with Gasteiger partial charge in [0.15, 0.2) is 0 Å². The van der Waals surface area contributed by atoms with Crippen molar-refractivity contribution in [3.63, 3.8) is 0 Å². The highest BCUT2D eigenvalue weighted by Crippen LogP contribution is 2.28. The number of carbonyl (C=O) groups excluding carboxylic acids is 1. The summed E-state index contributed by atoms with van der Waals surface area (Å²) in [6.45, 7) is 1.92. The van der Waals surface area contributed by atoms with Crippen LogP contribution in [0.15, 0.2) is 60.7 Å². The maximum absolute atomic E-state index is 12.5. The van der Waals surface area contributed by atoms with E-state index in [2.05, 4.69) is 0 Å². The minimum absolute atomic E-state index is 0.0762. The van der Waals surface area contributed by atoms with Gasteiger partial charge in [0.05, 0.1) is 0 Å². The average Bonchev–Trinajstić information content (AvgIpc) is 2.58. The Morgan fingerprint density at radius 2 is 1.43 bits per heavy atom. The molecule has 23 heavy (non-hydrogen) atoms. The average molecular weight is 311 g/mol. The summed E-state index contributed by atoms with van der Waals surface area (Å²) in [5.74, 6) is -1.21. The molecule has 0 fully saturated rings. The normalized spacial score (nSPS) is 10.5. The predicted octanol–water partition coefficient (Wildman–Crippen LogP) is 3.14. The summed E-state index contributed by atoms with van der Waals surface area (Å²) < 4.78 is 0. The summed E-state index contributed by atoms with van der Waals surface area (Å²) in [6, 6.07) is 19.7. The number of likely N-dealkylation sites (N-methyl/N-ethyl adjacent to an activating group) is 1. The van der Waals surface area contributed by atoms with Gasteiger partial charge in [-0.05, 0) is 18.1 Å². The monoisotopic (exact) mass is 311 g/mol. The molecule has 0 unspecified atom stereocenters. The molecule has 0 aliphatic rings. The number of rotatable bonds is 7. The van der Waals surface area contributed by atoms with Crippen molar-refractivity contribution >= 4 is 11.9 Å². The number of carboxylic acids is 1. The van der Waals surface area contributed by atoms with Crippen molar-refractivity contribution in [3.05, 3.63) is 71.8 Å². The minimum atomic E-state index is -0.990. The fourth-order valence-electron chi connectivity index (χ4n) is 2.64. The van der Waals surface area contributed by atoms with E-state index in [4.69, 9.17) is 5.11 Å². The molecule has 0 saturated carbocycles. The first-order valence-electron chi connectivity index (χ1n) is 7.71. The van der Waals surface area contributed by atoms with E-state index in [1.165, 1.54) is 4.90 Å². The van der Waals surface area contributed by atoms with Crippen LogP contribution in [0.4, 0.5) is 0 Å². The Hall–Kier alpha value is -2.62. The molecule has 2 rings (SSSR count). The molecule has 2 aromatic rings. The Bertz CT molecular complexity index is 601. The SMILES string of the molecule is CCN(CC(=O)O)C(=O)CC(c1ccccc1)c1ccccc1. The lowest BCUT2D eigenvalue weighted by molar-refractivity contribution is -0.144. The fraction of sp³-hybridized carbons (Fsp3) is 0.263. The van der Waals surface area contributed by atoms with Crippen molar-refractivity contribution in [3.8, 4) is 0 Å². The number of carboxylic acid groups (broad SMARTS) is 1. The van der Waals surface area contributed by atoms with Gasteiger partial charge in [-0.2, -0.15) is 0 Å². The first-order valence-corrected chi connectivity index (χ1v) is 7.71. The largest absolute Gasteiger partial charge is 0.480 e. The van der Waals surface area contributed by atoms with Gasteiger partial charge in [0.2, 0.25) is 5.91 Å². The van der Waals surface area contributed by atoms with E-state index >= 15 is 0 Å². The number of carbonyl (C=O) groups is 2. The molecule has 0 aliphatic heterocycles. The Morgan fingerprint density at radius 3 is 1.83 bits per heavy atom. The molecule has 0 aromatic heterocycles. The zero-order valence-corrected chi connectivity index (χ0v) is 13.2. The first kappa shape index (κ1) is 16.7. The van der Waals surface area contributed by atoms with E-state index in [1.807, 2.05) is 60.7 Å². The van der Waals surface area contributed by atoms with Crippen LogP contribution in [-0.4, -0.2) is 35.0 Å². The second kappa shape index (κ2) is 8.13. The smallest absolute Gasteiger partial charge is 0.323 e. The molecule has 1 N–H and O–H groups in total. The lowest BCUT2D eigenvalue weighted by Crippen LogP contribution is -2.36. The molecule has 120 valence electrons. The summed E-state index contributed by atoms with van der Waals surface area (Å²) in [6.07, 6.45) is 0.259. The fourth-order valence-corrected chi connectivity index (χ4v) is 2.64. The van der Waals surface area contributed by atoms with E-state index in [1.54, 1.807) is 6.92 Å². The van der Waals surface area contributed by atoms with Gasteiger partial charge >= 0.3 is 5.97 Å². The summed E-state index contributed by atoms with van der Waals surface area (Å²) in [5.41, 5.74) is 2.11. The summed E-state index contributed by atoms with van der Waals surface area (Å²) in [4.78, 5) is 24.8. The zero-order chi connectivity index (χ0) is 16.7. The van der Waals surface area contributed by atoms with Crippen molar-refractivity contribution < 1.29 is 14.7 Å². The second-order valence-corrected chi connectivity index (χ2v) is 5.38. The van der Waals surface area contributed by atoms with Crippen molar-refractivity contribution in [1.82, 2.24) is 4.90 Å². The van der Waals surface area contributed by atoms with E-state index in [9.17, 15) is 9.59 Å². The molecule has 0 bridgehead atoms. The lowest BCUT2D eigenvalue weighted by atomic mass is 9.88. The van der Waals surface area contributed by atoms with Crippen molar-refractivity contribution in [1.29, 1.82) is 0 Å². The number of hydrogen-bond acceptors (Lipinski definition) is 2. The van der Waals surface area contributed by atoms with Crippen LogP contribution in [0.2, 0.25) is 0 Å². The summed E-state index contributed by atoms with van der Waals surface area (Å²) >= 11 is 0. The zero-order valence-electron chi connectivity index (χ0n) is 13.2.